The van der Waals surface area contributed by atoms with Crippen LogP contribution in [0.1, 0.15) is 25.1 Å². The van der Waals surface area contributed by atoms with E-state index in [0.717, 1.165) is 31.9 Å². The van der Waals surface area contributed by atoms with E-state index in [4.69, 9.17) is 4.74 Å². The van der Waals surface area contributed by atoms with E-state index in [2.05, 4.69) is 29.2 Å². The minimum Gasteiger partial charge on any atom is -0.380 e. The molecule has 1 heterocycles. The van der Waals surface area contributed by atoms with Gasteiger partial charge in [-0.25, -0.2) is 4.98 Å². The Labute approximate surface area is 95.2 Å². The molecule has 0 aliphatic carbocycles. The Morgan fingerprint density at radius 2 is 2.53 bits per heavy atom. The molecule has 0 aliphatic heterocycles. The maximum atomic E-state index is 5.39. The lowest BCUT2D eigenvalue weighted by molar-refractivity contribution is 0.138. The Kier molecular flexibility index (Phi) is 6.23. The van der Waals surface area contributed by atoms with Gasteiger partial charge in [-0.15, -0.1) is 17.9 Å². The van der Waals surface area contributed by atoms with Gasteiger partial charge in [-0.1, -0.05) is 6.08 Å². The second-order valence-corrected chi connectivity index (χ2v) is 4.00. The smallest absolute Gasteiger partial charge is 0.0795 e. The Morgan fingerprint density at radius 3 is 3.20 bits per heavy atom. The first kappa shape index (κ1) is 12.4. The third kappa shape index (κ3) is 5.06. The van der Waals surface area contributed by atoms with Gasteiger partial charge < -0.3 is 10.1 Å². The van der Waals surface area contributed by atoms with Crippen LogP contribution in [0.2, 0.25) is 0 Å². The highest BCUT2D eigenvalue weighted by molar-refractivity contribution is 7.07. The molecule has 0 spiro atoms. The van der Waals surface area contributed by atoms with Crippen molar-refractivity contribution in [3.05, 3.63) is 29.2 Å². The highest BCUT2D eigenvalue weighted by Crippen LogP contribution is 2.10. The van der Waals surface area contributed by atoms with Gasteiger partial charge >= 0.3 is 0 Å². The van der Waals surface area contributed by atoms with E-state index >= 15 is 0 Å². The van der Waals surface area contributed by atoms with E-state index in [9.17, 15) is 0 Å². The maximum Gasteiger partial charge on any atom is 0.0795 e. The van der Waals surface area contributed by atoms with Gasteiger partial charge in [-0.2, -0.15) is 0 Å². The summed E-state index contributed by atoms with van der Waals surface area (Å²) in [6.45, 7) is 8.10. The molecule has 15 heavy (non-hydrogen) atoms. The topological polar surface area (TPSA) is 34.1 Å². The molecule has 1 atom stereocenters. The first-order valence-corrected chi connectivity index (χ1v) is 6.09. The van der Waals surface area contributed by atoms with Gasteiger partial charge in [0.2, 0.25) is 0 Å². The molecule has 84 valence electrons. The summed E-state index contributed by atoms with van der Waals surface area (Å²) < 4.78 is 5.39. The lowest BCUT2D eigenvalue weighted by Crippen LogP contribution is -2.23. The summed E-state index contributed by atoms with van der Waals surface area (Å²) in [4.78, 5) is 4.25. The number of rotatable bonds is 8. The molecule has 1 aromatic rings. The van der Waals surface area contributed by atoms with Gasteiger partial charge in [-0.3, -0.25) is 0 Å². The predicted molar refractivity (Wildman–Crippen MR) is 64.2 cm³/mol. The second-order valence-electron chi connectivity index (χ2n) is 3.28. The van der Waals surface area contributed by atoms with E-state index < -0.39 is 0 Å². The molecule has 0 aliphatic rings. The normalized spacial score (nSPS) is 12.6. The first-order valence-electron chi connectivity index (χ1n) is 5.14. The van der Waals surface area contributed by atoms with Gasteiger partial charge in [0.1, 0.15) is 0 Å². The monoisotopic (exact) mass is 226 g/mol. The minimum atomic E-state index is 0.305. The molecule has 0 amide bonds. The van der Waals surface area contributed by atoms with Crippen LogP contribution < -0.4 is 5.32 Å². The number of nitrogens with zero attached hydrogens (tertiary/aromatic N) is 1. The van der Waals surface area contributed by atoms with Gasteiger partial charge in [0.05, 0.1) is 24.4 Å². The summed E-state index contributed by atoms with van der Waals surface area (Å²) in [5, 5.41) is 5.42. The Morgan fingerprint density at radius 1 is 1.67 bits per heavy atom. The fourth-order valence-corrected chi connectivity index (χ4v) is 1.80. The Hall–Kier alpha value is -0.710. The van der Waals surface area contributed by atoms with Crippen molar-refractivity contribution in [1.29, 1.82) is 0 Å². The highest BCUT2D eigenvalue weighted by atomic mass is 32.1. The van der Waals surface area contributed by atoms with Crippen LogP contribution in [0.5, 0.6) is 0 Å². The number of hydrogen-bond donors (Lipinski definition) is 1. The molecule has 1 rings (SSSR count). The van der Waals surface area contributed by atoms with E-state index in [0.29, 0.717) is 6.04 Å². The van der Waals surface area contributed by atoms with Crippen LogP contribution in [-0.2, 0) is 4.74 Å². The zero-order valence-corrected chi connectivity index (χ0v) is 9.93. The van der Waals surface area contributed by atoms with Crippen molar-refractivity contribution in [3.63, 3.8) is 0 Å². The fraction of sp³-hybridized carbons (Fsp3) is 0.545. The van der Waals surface area contributed by atoms with Gasteiger partial charge in [-0.05, 0) is 13.3 Å². The molecule has 4 heteroatoms. The summed E-state index contributed by atoms with van der Waals surface area (Å²) in [5.74, 6) is 0. The van der Waals surface area contributed by atoms with Crippen molar-refractivity contribution in [1.82, 2.24) is 10.3 Å². The second kappa shape index (κ2) is 7.56. The molecule has 1 aromatic heterocycles. The molecule has 0 bridgehead atoms. The van der Waals surface area contributed by atoms with Crippen LogP contribution in [0, 0.1) is 0 Å². The molecular weight excluding hydrogens is 208 g/mol. The largest absolute Gasteiger partial charge is 0.380 e. The number of aromatic nitrogens is 1. The lowest BCUT2D eigenvalue weighted by Gasteiger charge is -2.11. The zero-order valence-electron chi connectivity index (χ0n) is 9.11. The predicted octanol–water partition coefficient (Wildman–Crippen LogP) is 2.39. The van der Waals surface area contributed by atoms with Crippen molar-refractivity contribution in [3.8, 4) is 0 Å². The molecule has 0 saturated carbocycles. The Balaban J connectivity index is 2.02. The van der Waals surface area contributed by atoms with Gasteiger partial charge in [0.15, 0.2) is 0 Å². The summed E-state index contributed by atoms with van der Waals surface area (Å²) in [5.41, 5.74) is 2.96. The SMILES string of the molecule is C=CCCOCCNC(C)c1cscn1. The average molecular weight is 226 g/mol. The van der Waals surface area contributed by atoms with Crippen LogP contribution in [0.15, 0.2) is 23.5 Å². The van der Waals surface area contributed by atoms with E-state index in [1.165, 1.54) is 0 Å². The van der Waals surface area contributed by atoms with Crippen LogP contribution in [-0.4, -0.2) is 24.7 Å². The van der Waals surface area contributed by atoms with Crippen LogP contribution >= 0.6 is 11.3 Å². The zero-order chi connectivity index (χ0) is 10.9. The van der Waals surface area contributed by atoms with Crippen molar-refractivity contribution < 1.29 is 4.74 Å². The fourth-order valence-electron chi connectivity index (χ4n) is 1.16. The molecule has 0 aromatic carbocycles. The van der Waals surface area contributed by atoms with Crippen molar-refractivity contribution in [2.75, 3.05) is 19.8 Å². The van der Waals surface area contributed by atoms with Crippen molar-refractivity contribution >= 4 is 11.3 Å². The number of nitrogens with one attached hydrogen (secondary N) is 1. The highest BCUT2D eigenvalue weighted by Gasteiger charge is 2.05. The molecule has 3 nitrogen and oxygen atoms in total. The summed E-state index contributed by atoms with van der Waals surface area (Å²) in [6.07, 6.45) is 2.78. The minimum absolute atomic E-state index is 0.305. The number of ether oxygens (including phenoxy) is 1. The van der Waals surface area contributed by atoms with Gasteiger partial charge in [0.25, 0.3) is 0 Å². The van der Waals surface area contributed by atoms with E-state index in [-0.39, 0.29) is 0 Å². The van der Waals surface area contributed by atoms with E-state index in [1.54, 1.807) is 11.3 Å². The summed E-state index contributed by atoms with van der Waals surface area (Å²) >= 11 is 1.62. The molecule has 0 radical (unpaired) electrons. The van der Waals surface area contributed by atoms with Crippen molar-refractivity contribution in [2.24, 2.45) is 0 Å². The summed E-state index contributed by atoms with van der Waals surface area (Å²) in [6, 6.07) is 0.305. The molecule has 1 unspecified atom stereocenters. The molecular formula is C11H18N2OS. The summed E-state index contributed by atoms with van der Waals surface area (Å²) in [7, 11) is 0. The average Bonchev–Trinajstić information content (AvgIpc) is 2.76. The molecule has 0 fully saturated rings. The van der Waals surface area contributed by atoms with Crippen LogP contribution in [0.3, 0.4) is 0 Å². The number of hydrogen-bond acceptors (Lipinski definition) is 4. The maximum absolute atomic E-state index is 5.39. The quantitative estimate of drug-likeness (QED) is 0.546. The molecule has 1 N–H and O–H groups in total. The first-order chi connectivity index (χ1) is 7.34. The van der Waals surface area contributed by atoms with Crippen LogP contribution in [0.25, 0.3) is 0 Å². The van der Waals surface area contributed by atoms with Crippen LogP contribution in [0.4, 0.5) is 0 Å². The Bertz CT molecular complexity index is 262. The third-order valence-electron chi connectivity index (χ3n) is 2.06. The van der Waals surface area contributed by atoms with Crippen molar-refractivity contribution in [2.45, 2.75) is 19.4 Å². The number of thiazole rings is 1. The van der Waals surface area contributed by atoms with E-state index in [1.807, 2.05) is 11.6 Å². The standard InChI is InChI=1S/C11H18N2OS/c1-3-4-6-14-7-5-12-10(2)11-8-15-9-13-11/h3,8-10,12H,1,4-7H2,2H3. The van der Waals surface area contributed by atoms with Gasteiger partial charge in [0, 0.05) is 18.0 Å². The third-order valence-corrected chi connectivity index (χ3v) is 2.66. The lowest BCUT2D eigenvalue weighted by atomic mass is 10.2. The molecule has 0 saturated heterocycles.